The van der Waals surface area contributed by atoms with Crippen LogP contribution in [-0.4, -0.2) is 34.0 Å². The molecule has 0 amide bonds. The highest BCUT2D eigenvalue weighted by Crippen LogP contribution is 2.42. The second kappa shape index (κ2) is 4.47. The van der Waals surface area contributed by atoms with Crippen molar-refractivity contribution in [2.75, 3.05) is 7.11 Å². The van der Waals surface area contributed by atoms with Crippen molar-refractivity contribution in [2.24, 2.45) is 0 Å². The summed E-state index contributed by atoms with van der Waals surface area (Å²) in [5.41, 5.74) is -0.845. The van der Waals surface area contributed by atoms with Crippen molar-refractivity contribution in [3.05, 3.63) is 34.1 Å². The van der Waals surface area contributed by atoms with Crippen LogP contribution in [0.1, 0.15) is 25.5 Å². The minimum atomic E-state index is -1.30. The second-order valence-corrected chi connectivity index (χ2v) is 5.70. The Kier molecular flexibility index (Phi) is 2.96. The van der Waals surface area contributed by atoms with Crippen LogP contribution in [0.4, 0.5) is 0 Å². The van der Waals surface area contributed by atoms with Crippen LogP contribution in [0.15, 0.2) is 23.0 Å². The molecule has 3 rings (SSSR count). The fourth-order valence-electron chi connectivity index (χ4n) is 2.63. The van der Waals surface area contributed by atoms with Crippen LogP contribution < -0.4 is 15.0 Å². The first kappa shape index (κ1) is 13.9. The highest BCUT2D eigenvalue weighted by Gasteiger charge is 2.44. The normalized spacial score (nSPS) is 23.5. The molecular formula is C15H17NO5. The number of methoxy groups -OCH3 is 1. The number of ether oxygens (including phenoxy) is 2. The van der Waals surface area contributed by atoms with Crippen molar-refractivity contribution in [3.8, 4) is 11.5 Å². The molecule has 0 spiro atoms. The Hall–Kier alpha value is -2.05. The average Bonchev–Trinajstić information content (AvgIpc) is 2.44. The number of benzene rings is 1. The smallest absolute Gasteiger partial charge is 0.258 e. The van der Waals surface area contributed by atoms with Gasteiger partial charge in [-0.3, -0.25) is 4.79 Å². The lowest BCUT2D eigenvalue weighted by Crippen LogP contribution is -2.50. The van der Waals surface area contributed by atoms with E-state index >= 15 is 0 Å². The molecule has 6 heteroatoms. The third-order valence-electron chi connectivity index (χ3n) is 3.88. The molecule has 1 aliphatic rings. The lowest BCUT2D eigenvalue weighted by atomic mass is 9.88. The van der Waals surface area contributed by atoms with Crippen molar-refractivity contribution in [2.45, 2.75) is 31.7 Å². The number of aromatic nitrogens is 1. The second-order valence-electron chi connectivity index (χ2n) is 5.70. The summed E-state index contributed by atoms with van der Waals surface area (Å²) < 4.78 is 11.0. The summed E-state index contributed by atoms with van der Waals surface area (Å²) in [6.07, 6.45) is -2.49. The molecule has 2 atom stereocenters. The van der Waals surface area contributed by atoms with Crippen LogP contribution >= 0.6 is 0 Å². The fraction of sp³-hybridized carbons (Fsp3) is 0.400. The molecule has 0 saturated carbocycles. The SMILES string of the molecule is COc1ccc2[nH]c(=O)c3c(c2c1)OC(C)(C)C(O)C3O. The Bertz CT molecular complexity index is 764. The van der Waals surface area contributed by atoms with Crippen LogP contribution in [0.3, 0.4) is 0 Å². The summed E-state index contributed by atoms with van der Waals surface area (Å²) in [5, 5.41) is 21.0. The standard InChI is InChI=1S/C15H17NO5/c1-15(2)13(18)11(17)10-12(21-15)8-6-7(20-3)4-5-9(8)16-14(10)19/h4-6,11,13,17-18H,1-3H3,(H,16,19). The zero-order valence-corrected chi connectivity index (χ0v) is 12.0. The fourth-order valence-corrected chi connectivity index (χ4v) is 2.63. The van der Waals surface area contributed by atoms with Gasteiger partial charge in [0.05, 0.1) is 18.2 Å². The lowest BCUT2D eigenvalue weighted by Gasteiger charge is -2.39. The molecular weight excluding hydrogens is 274 g/mol. The number of rotatable bonds is 1. The van der Waals surface area contributed by atoms with Gasteiger partial charge in [0.1, 0.15) is 29.3 Å². The largest absolute Gasteiger partial charge is 0.497 e. The predicted molar refractivity (Wildman–Crippen MR) is 76.8 cm³/mol. The molecule has 1 aromatic carbocycles. The molecule has 0 radical (unpaired) electrons. The summed E-state index contributed by atoms with van der Waals surface area (Å²) in [7, 11) is 1.54. The van der Waals surface area contributed by atoms with E-state index in [0.29, 0.717) is 16.7 Å². The molecule has 3 N–H and O–H groups in total. The molecule has 112 valence electrons. The van der Waals surface area contributed by atoms with E-state index < -0.39 is 23.4 Å². The maximum atomic E-state index is 12.2. The van der Waals surface area contributed by atoms with Crippen LogP contribution in [0.25, 0.3) is 10.9 Å². The van der Waals surface area contributed by atoms with Gasteiger partial charge in [-0.25, -0.2) is 0 Å². The molecule has 0 bridgehead atoms. The van der Waals surface area contributed by atoms with Crippen LogP contribution in [0.5, 0.6) is 11.5 Å². The van der Waals surface area contributed by atoms with Gasteiger partial charge in [0.2, 0.25) is 0 Å². The Labute approximate surface area is 120 Å². The highest BCUT2D eigenvalue weighted by molar-refractivity contribution is 5.88. The molecule has 0 fully saturated rings. The minimum Gasteiger partial charge on any atom is -0.497 e. The number of aromatic amines is 1. The van der Waals surface area contributed by atoms with Crippen molar-refractivity contribution in [1.82, 2.24) is 4.98 Å². The highest BCUT2D eigenvalue weighted by atomic mass is 16.5. The van der Waals surface area contributed by atoms with Gasteiger partial charge in [-0.1, -0.05) is 0 Å². The number of nitrogens with one attached hydrogen (secondary N) is 1. The maximum Gasteiger partial charge on any atom is 0.258 e. The predicted octanol–water partition coefficient (Wildman–Crippen LogP) is 1.10. The van der Waals surface area contributed by atoms with E-state index in [9.17, 15) is 15.0 Å². The van der Waals surface area contributed by atoms with E-state index in [0.717, 1.165) is 0 Å². The van der Waals surface area contributed by atoms with Gasteiger partial charge in [-0.15, -0.1) is 0 Å². The lowest BCUT2D eigenvalue weighted by molar-refractivity contribution is -0.111. The third kappa shape index (κ3) is 1.99. The summed E-state index contributed by atoms with van der Waals surface area (Å²) in [4.78, 5) is 14.8. The number of hydrogen-bond acceptors (Lipinski definition) is 5. The third-order valence-corrected chi connectivity index (χ3v) is 3.88. The molecule has 0 saturated heterocycles. The number of pyridine rings is 1. The zero-order valence-electron chi connectivity index (χ0n) is 12.0. The first-order valence-corrected chi connectivity index (χ1v) is 6.64. The first-order valence-electron chi connectivity index (χ1n) is 6.64. The van der Waals surface area contributed by atoms with Crippen LogP contribution in [-0.2, 0) is 0 Å². The minimum absolute atomic E-state index is 0.0441. The van der Waals surface area contributed by atoms with Crippen molar-refractivity contribution in [1.29, 1.82) is 0 Å². The van der Waals surface area contributed by atoms with E-state index in [-0.39, 0.29) is 11.3 Å². The molecule has 21 heavy (non-hydrogen) atoms. The number of hydrogen-bond donors (Lipinski definition) is 3. The van der Waals surface area contributed by atoms with Gasteiger partial charge in [0.15, 0.2) is 0 Å². The molecule has 1 aromatic heterocycles. The Morgan fingerprint density at radius 3 is 2.71 bits per heavy atom. The number of H-pyrrole nitrogens is 1. The molecule has 2 aromatic rings. The van der Waals surface area contributed by atoms with E-state index in [2.05, 4.69) is 4.98 Å². The number of fused-ring (bicyclic) bond motifs is 3. The Morgan fingerprint density at radius 1 is 1.33 bits per heavy atom. The molecule has 1 aliphatic heterocycles. The molecule has 2 unspecified atom stereocenters. The summed E-state index contributed by atoms with van der Waals surface area (Å²) in [6.45, 7) is 3.33. The topological polar surface area (TPSA) is 91.8 Å². The first-order chi connectivity index (χ1) is 9.85. The Balaban J connectivity index is 2.36. The van der Waals surface area contributed by atoms with E-state index in [1.807, 2.05) is 0 Å². The maximum absolute atomic E-state index is 12.2. The van der Waals surface area contributed by atoms with Gasteiger partial charge in [-0.2, -0.15) is 0 Å². The number of aliphatic hydroxyl groups excluding tert-OH is 2. The van der Waals surface area contributed by atoms with Crippen LogP contribution in [0, 0.1) is 0 Å². The van der Waals surface area contributed by atoms with Gasteiger partial charge in [0, 0.05) is 5.39 Å². The Morgan fingerprint density at radius 2 is 2.05 bits per heavy atom. The van der Waals surface area contributed by atoms with Crippen molar-refractivity contribution >= 4 is 10.9 Å². The van der Waals surface area contributed by atoms with Crippen molar-refractivity contribution in [3.63, 3.8) is 0 Å². The summed E-state index contributed by atoms with van der Waals surface area (Å²) in [5.74, 6) is 0.897. The van der Waals surface area contributed by atoms with Crippen molar-refractivity contribution < 1.29 is 19.7 Å². The molecule has 0 aliphatic carbocycles. The van der Waals surface area contributed by atoms with E-state index in [1.54, 1.807) is 39.2 Å². The van der Waals surface area contributed by atoms with E-state index in [1.165, 1.54) is 0 Å². The van der Waals surface area contributed by atoms with Gasteiger partial charge >= 0.3 is 0 Å². The molecule has 6 nitrogen and oxygen atoms in total. The quantitative estimate of drug-likeness (QED) is 0.732. The molecule has 2 heterocycles. The summed E-state index contributed by atoms with van der Waals surface area (Å²) >= 11 is 0. The van der Waals surface area contributed by atoms with Gasteiger partial charge in [-0.05, 0) is 32.0 Å². The average molecular weight is 291 g/mol. The van der Waals surface area contributed by atoms with E-state index in [4.69, 9.17) is 9.47 Å². The zero-order chi connectivity index (χ0) is 15.4. The van der Waals surface area contributed by atoms with Crippen LogP contribution in [0.2, 0.25) is 0 Å². The summed E-state index contributed by atoms with van der Waals surface area (Å²) in [6, 6.07) is 5.16. The number of aliphatic hydroxyl groups is 2. The monoisotopic (exact) mass is 291 g/mol. The van der Waals surface area contributed by atoms with Gasteiger partial charge < -0.3 is 24.7 Å². The van der Waals surface area contributed by atoms with Gasteiger partial charge in [0.25, 0.3) is 5.56 Å².